The third-order valence-corrected chi connectivity index (χ3v) is 4.81. The molecule has 3 heteroatoms. The molecule has 0 aromatic rings. The van der Waals surface area contributed by atoms with Crippen LogP contribution in [0.4, 0.5) is 0 Å². The van der Waals surface area contributed by atoms with E-state index < -0.39 is 0 Å². The highest BCUT2D eigenvalue weighted by Crippen LogP contribution is 2.41. The van der Waals surface area contributed by atoms with Crippen LogP contribution in [0.3, 0.4) is 0 Å². The average Bonchev–Trinajstić information content (AvgIpc) is 2.44. The Kier molecular flexibility index (Phi) is 6.62. The van der Waals surface area contributed by atoms with Crippen molar-refractivity contribution in [3.05, 3.63) is 0 Å². The molecule has 112 valence electrons. The fourth-order valence-electron chi connectivity index (χ4n) is 3.74. The molecule has 1 aliphatic carbocycles. The molecule has 2 rings (SSSR count). The lowest BCUT2D eigenvalue weighted by atomic mass is 9.75. The van der Waals surface area contributed by atoms with Gasteiger partial charge in [-0.05, 0) is 51.0 Å². The zero-order valence-electron chi connectivity index (χ0n) is 12.6. The number of ether oxygens (including phenoxy) is 2. The largest absolute Gasteiger partial charge is 0.383 e. The van der Waals surface area contributed by atoms with Crippen LogP contribution in [0.25, 0.3) is 0 Å². The molecule has 1 saturated heterocycles. The van der Waals surface area contributed by atoms with Crippen LogP contribution >= 0.6 is 0 Å². The minimum Gasteiger partial charge on any atom is -0.383 e. The number of hydrogen-bond donors (Lipinski definition) is 1. The van der Waals surface area contributed by atoms with E-state index in [0.717, 1.165) is 32.2 Å². The Bertz CT molecular complexity index is 233. The van der Waals surface area contributed by atoms with Gasteiger partial charge in [-0.25, -0.2) is 0 Å². The van der Waals surface area contributed by atoms with E-state index in [1.807, 2.05) is 0 Å². The highest BCUT2D eigenvalue weighted by Gasteiger charge is 2.37. The van der Waals surface area contributed by atoms with Crippen LogP contribution in [0.2, 0.25) is 0 Å². The quantitative estimate of drug-likeness (QED) is 0.720. The Labute approximate surface area is 118 Å². The molecule has 1 N–H and O–H groups in total. The maximum atomic E-state index is 6.16. The molecule has 1 aliphatic heterocycles. The van der Waals surface area contributed by atoms with Crippen molar-refractivity contribution in [2.45, 2.75) is 63.4 Å². The van der Waals surface area contributed by atoms with Gasteiger partial charge in [0.15, 0.2) is 0 Å². The second-order valence-corrected chi connectivity index (χ2v) is 6.34. The van der Waals surface area contributed by atoms with Crippen LogP contribution in [0.15, 0.2) is 0 Å². The van der Waals surface area contributed by atoms with E-state index in [9.17, 15) is 0 Å². The summed E-state index contributed by atoms with van der Waals surface area (Å²) in [6, 6.07) is 0. The molecule has 0 aromatic carbocycles. The first-order valence-electron chi connectivity index (χ1n) is 8.18. The fourth-order valence-corrected chi connectivity index (χ4v) is 3.74. The molecule has 1 heterocycles. The van der Waals surface area contributed by atoms with Crippen molar-refractivity contribution in [3.63, 3.8) is 0 Å². The summed E-state index contributed by atoms with van der Waals surface area (Å²) in [5, 5.41) is 3.44. The van der Waals surface area contributed by atoms with Crippen molar-refractivity contribution in [2.24, 2.45) is 5.92 Å². The van der Waals surface area contributed by atoms with Crippen molar-refractivity contribution >= 4 is 0 Å². The van der Waals surface area contributed by atoms with Gasteiger partial charge in [-0.2, -0.15) is 0 Å². The number of rotatable bonds is 7. The average molecular weight is 269 g/mol. The van der Waals surface area contributed by atoms with Crippen molar-refractivity contribution < 1.29 is 9.47 Å². The zero-order chi connectivity index (χ0) is 13.4. The Morgan fingerprint density at radius 1 is 1.21 bits per heavy atom. The lowest BCUT2D eigenvalue weighted by Gasteiger charge is -2.43. The summed E-state index contributed by atoms with van der Waals surface area (Å²) in [4.78, 5) is 0. The van der Waals surface area contributed by atoms with E-state index in [2.05, 4.69) is 5.32 Å². The summed E-state index contributed by atoms with van der Waals surface area (Å²) in [5.74, 6) is 0.899. The summed E-state index contributed by atoms with van der Waals surface area (Å²) < 4.78 is 11.2. The van der Waals surface area contributed by atoms with Crippen LogP contribution in [-0.4, -0.2) is 39.0 Å². The van der Waals surface area contributed by atoms with Crippen molar-refractivity contribution in [1.29, 1.82) is 0 Å². The minimum atomic E-state index is 0.282. The fraction of sp³-hybridized carbons (Fsp3) is 1.00. The maximum Gasteiger partial charge on any atom is 0.0685 e. The van der Waals surface area contributed by atoms with Gasteiger partial charge < -0.3 is 14.8 Å². The van der Waals surface area contributed by atoms with E-state index in [4.69, 9.17) is 9.47 Å². The van der Waals surface area contributed by atoms with Gasteiger partial charge in [0.25, 0.3) is 0 Å². The zero-order valence-corrected chi connectivity index (χ0v) is 12.6. The van der Waals surface area contributed by atoms with Crippen molar-refractivity contribution in [2.75, 3.05) is 33.4 Å². The standard InChI is InChI=1S/C16H31NO2/c1-18-13-11-17-10-5-6-15-7-12-19-16(14-15)8-3-2-4-9-16/h15,17H,2-14H2,1H3. The van der Waals surface area contributed by atoms with Gasteiger partial charge in [0.2, 0.25) is 0 Å². The monoisotopic (exact) mass is 269 g/mol. The summed E-state index contributed by atoms with van der Waals surface area (Å²) in [6.45, 7) is 3.93. The van der Waals surface area contributed by atoms with Crippen LogP contribution in [-0.2, 0) is 9.47 Å². The smallest absolute Gasteiger partial charge is 0.0685 e. The Morgan fingerprint density at radius 3 is 2.84 bits per heavy atom. The summed E-state index contributed by atoms with van der Waals surface area (Å²) in [6.07, 6.45) is 12.1. The minimum absolute atomic E-state index is 0.282. The lowest BCUT2D eigenvalue weighted by Crippen LogP contribution is -2.41. The van der Waals surface area contributed by atoms with E-state index >= 15 is 0 Å². The molecule has 1 spiro atoms. The van der Waals surface area contributed by atoms with E-state index in [1.165, 1.54) is 57.8 Å². The summed E-state index contributed by atoms with van der Waals surface area (Å²) in [7, 11) is 1.76. The molecule has 0 radical (unpaired) electrons. The third kappa shape index (κ3) is 5.05. The molecule has 1 unspecified atom stereocenters. The predicted octanol–water partition coefficient (Wildman–Crippen LogP) is 3.13. The van der Waals surface area contributed by atoms with Gasteiger partial charge in [0.1, 0.15) is 0 Å². The molecule has 0 bridgehead atoms. The highest BCUT2D eigenvalue weighted by atomic mass is 16.5. The first kappa shape index (κ1) is 15.3. The molecule has 2 aliphatic rings. The summed E-state index contributed by atoms with van der Waals surface area (Å²) in [5.41, 5.74) is 0.282. The second-order valence-electron chi connectivity index (χ2n) is 6.34. The topological polar surface area (TPSA) is 30.5 Å². The number of methoxy groups -OCH3 is 1. The molecule has 3 nitrogen and oxygen atoms in total. The van der Waals surface area contributed by atoms with Gasteiger partial charge in [-0.15, -0.1) is 0 Å². The Morgan fingerprint density at radius 2 is 2.05 bits per heavy atom. The first-order valence-corrected chi connectivity index (χ1v) is 8.18. The van der Waals surface area contributed by atoms with Crippen LogP contribution in [0.1, 0.15) is 57.8 Å². The van der Waals surface area contributed by atoms with E-state index in [1.54, 1.807) is 7.11 Å². The van der Waals surface area contributed by atoms with E-state index in [0.29, 0.717) is 0 Å². The summed E-state index contributed by atoms with van der Waals surface area (Å²) >= 11 is 0. The van der Waals surface area contributed by atoms with Gasteiger partial charge >= 0.3 is 0 Å². The van der Waals surface area contributed by atoms with E-state index in [-0.39, 0.29) is 5.60 Å². The van der Waals surface area contributed by atoms with Gasteiger partial charge in [0.05, 0.1) is 12.2 Å². The van der Waals surface area contributed by atoms with Crippen molar-refractivity contribution in [3.8, 4) is 0 Å². The Balaban J connectivity index is 1.61. The van der Waals surface area contributed by atoms with Crippen LogP contribution in [0, 0.1) is 5.92 Å². The van der Waals surface area contributed by atoms with Crippen LogP contribution in [0.5, 0.6) is 0 Å². The maximum absolute atomic E-state index is 6.16. The molecule has 1 atom stereocenters. The molecule has 0 amide bonds. The third-order valence-electron chi connectivity index (χ3n) is 4.81. The first-order chi connectivity index (χ1) is 9.35. The molecule has 2 fully saturated rings. The number of hydrogen-bond acceptors (Lipinski definition) is 3. The normalized spacial score (nSPS) is 26.7. The van der Waals surface area contributed by atoms with Gasteiger partial charge in [0, 0.05) is 20.3 Å². The lowest BCUT2D eigenvalue weighted by molar-refractivity contribution is -0.118. The highest BCUT2D eigenvalue weighted by molar-refractivity contribution is 4.89. The molecule has 1 saturated carbocycles. The Hall–Kier alpha value is -0.120. The molecule has 19 heavy (non-hydrogen) atoms. The SMILES string of the molecule is COCCNCCCC1CCOC2(CCCCC2)C1. The van der Waals surface area contributed by atoms with Gasteiger partial charge in [-0.3, -0.25) is 0 Å². The molecule has 0 aromatic heterocycles. The number of nitrogens with one attached hydrogen (secondary N) is 1. The molecular formula is C16H31NO2. The second kappa shape index (κ2) is 8.23. The predicted molar refractivity (Wildman–Crippen MR) is 78.5 cm³/mol. The van der Waals surface area contributed by atoms with Crippen LogP contribution < -0.4 is 5.32 Å². The van der Waals surface area contributed by atoms with Gasteiger partial charge in [-0.1, -0.05) is 19.3 Å². The van der Waals surface area contributed by atoms with Crippen molar-refractivity contribution in [1.82, 2.24) is 5.32 Å². The molecular weight excluding hydrogens is 238 g/mol.